The molecule has 0 radical (unpaired) electrons. The SMILES string of the molecule is Clc1ccc(N2CCN(C3CCC(n4ncc5ccccc54)C3)CC2)cc1. The van der Waals surface area contributed by atoms with Gasteiger partial charge in [-0.25, -0.2) is 0 Å². The van der Waals surface area contributed by atoms with Gasteiger partial charge in [-0.15, -0.1) is 0 Å². The fraction of sp³-hybridized carbons (Fsp3) is 0.409. The van der Waals surface area contributed by atoms with Gasteiger partial charge in [0.2, 0.25) is 0 Å². The third kappa shape index (κ3) is 3.32. The van der Waals surface area contributed by atoms with Crippen molar-refractivity contribution >= 4 is 28.2 Å². The summed E-state index contributed by atoms with van der Waals surface area (Å²) in [5.41, 5.74) is 2.56. The molecule has 1 aliphatic carbocycles. The zero-order valence-electron chi connectivity index (χ0n) is 15.5. The van der Waals surface area contributed by atoms with Crippen LogP contribution in [-0.2, 0) is 0 Å². The molecular weight excluding hydrogens is 356 g/mol. The van der Waals surface area contributed by atoms with Gasteiger partial charge >= 0.3 is 0 Å². The summed E-state index contributed by atoms with van der Waals surface area (Å²) in [6, 6.07) is 18.0. The first-order valence-electron chi connectivity index (χ1n) is 9.95. The highest BCUT2D eigenvalue weighted by atomic mass is 35.5. The number of halogens is 1. The van der Waals surface area contributed by atoms with Crippen LogP contribution < -0.4 is 4.90 Å². The first-order valence-corrected chi connectivity index (χ1v) is 10.3. The van der Waals surface area contributed by atoms with Gasteiger partial charge in [-0.1, -0.05) is 29.8 Å². The number of nitrogens with zero attached hydrogens (tertiary/aromatic N) is 4. The molecule has 27 heavy (non-hydrogen) atoms. The molecule has 1 aromatic heterocycles. The number of piperazine rings is 1. The van der Waals surface area contributed by atoms with Crippen LogP contribution in [-0.4, -0.2) is 46.9 Å². The van der Waals surface area contributed by atoms with E-state index in [-0.39, 0.29) is 0 Å². The normalized spacial score (nSPS) is 24.0. The molecule has 2 aliphatic rings. The van der Waals surface area contributed by atoms with Crippen LogP contribution in [0.4, 0.5) is 5.69 Å². The van der Waals surface area contributed by atoms with E-state index in [0.29, 0.717) is 12.1 Å². The molecule has 5 heteroatoms. The molecule has 0 amide bonds. The molecule has 1 aliphatic heterocycles. The number of hydrogen-bond donors (Lipinski definition) is 0. The second kappa shape index (κ2) is 7.17. The molecule has 3 aromatic rings. The van der Waals surface area contributed by atoms with Gasteiger partial charge in [0.1, 0.15) is 0 Å². The monoisotopic (exact) mass is 380 g/mol. The molecule has 1 saturated heterocycles. The number of fused-ring (bicyclic) bond motifs is 1. The average molecular weight is 381 g/mol. The highest BCUT2D eigenvalue weighted by Crippen LogP contribution is 2.35. The van der Waals surface area contributed by atoms with Crippen LogP contribution in [0.15, 0.2) is 54.7 Å². The molecule has 140 valence electrons. The fourth-order valence-corrected chi connectivity index (χ4v) is 4.89. The number of anilines is 1. The third-order valence-corrected chi connectivity index (χ3v) is 6.50. The highest BCUT2D eigenvalue weighted by Gasteiger charge is 2.32. The van der Waals surface area contributed by atoms with E-state index in [1.807, 2.05) is 18.3 Å². The number of para-hydroxylation sites is 1. The van der Waals surface area contributed by atoms with Gasteiger partial charge in [-0.05, 0) is 49.6 Å². The molecule has 0 spiro atoms. The predicted molar refractivity (Wildman–Crippen MR) is 112 cm³/mol. The van der Waals surface area contributed by atoms with Crippen molar-refractivity contribution in [2.45, 2.75) is 31.3 Å². The van der Waals surface area contributed by atoms with Gasteiger partial charge < -0.3 is 4.90 Å². The number of aromatic nitrogens is 2. The Hall–Kier alpha value is -2.04. The van der Waals surface area contributed by atoms with Crippen LogP contribution in [0.5, 0.6) is 0 Å². The number of hydrogen-bond acceptors (Lipinski definition) is 3. The minimum absolute atomic E-state index is 0.532. The van der Waals surface area contributed by atoms with E-state index in [2.05, 4.69) is 50.9 Å². The Morgan fingerprint density at radius 2 is 1.59 bits per heavy atom. The number of rotatable bonds is 3. The van der Waals surface area contributed by atoms with E-state index in [1.54, 1.807) is 0 Å². The van der Waals surface area contributed by atoms with Crippen LogP contribution in [0.1, 0.15) is 25.3 Å². The van der Waals surface area contributed by atoms with Crippen molar-refractivity contribution in [2.24, 2.45) is 0 Å². The van der Waals surface area contributed by atoms with Crippen LogP contribution in [0.3, 0.4) is 0 Å². The van der Waals surface area contributed by atoms with E-state index in [0.717, 1.165) is 31.2 Å². The lowest BCUT2D eigenvalue weighted by atomic mass is 10.1. The summed E-state index contributed by atoms with van der Waals surface area (Å²) in [5, 5.41) is 6.75. The number of benzene rings is 2. The molecule has 4 nitrogen and oxygen atoms in total. The van der Waals surface area contributed by atoms with Crippen molar-refractivity contribution in [1.82, 2.24) is 14.7 Å². The lowest BCUT2D eigenvalue weighted by Crippen LogP contribution is -2.49. The molecule has 2 unspecified atom stereocenters. The maximum atomic E-state index is 6.02. The van der Waals surface area contributed by atoms with E-state index >= 15 is 0 Å². The van der Waals surface area contributed by atoms with Crippen molar-refractivity contribution in [3.05, 3.63) is 59.8 Å². The summed E-state index contributed by atoms with van der Waals surface area (Å²) < 4.78 is 2.26. The Morgan fingerprint density at radius 3 is 2.41 bits per heavy atom. The molecular formula is C22H25ClN4. The summed E-state index contributed by atoms with van der Waals surface area (Å²) >= 11 is 6.02. The van der Waals surface area contributed by atoms with Crippen LogP contribution in [0.2, 0.25) is 5.02 Å². The molecule has 1 saturated carbocycles. The average Bonchev–Trinajstić information content (AvgIpc) is 3.36. The minimum atomic E-state index is 0.532. The Labute approximate surface area is 165 Å². The van der Waals surface area contributed by atoms with Gasteiger partial charge in [-0.3, -0.25) is 9.58 Å². The van der Waals surface area contributed by atoms with Gasteiger partial charge in [-0.2, -0.15) is 5.10 Å². The Morgan fingerprint density at radius 1 is 0.852 bits per heavy atom. The zero-order chi connectivity index (χ0) is 18.2. The molecule has 2 fully saturated rings. The topological polar surface area (TPSA) is 24.3 Å². The maximum Gasteiger partial charge on any atom is 0.0685 e. The largest absolute Gasteiger partial charge is 0.369 e. The lowest BCUT2D eigenvalue weighted by molar-refractivity contribution is 0.183. The van der Waals surface area contributed by atoms with Crippen LogP contribution >= 0.6 is 11.6 Å². The summed E-state index contributed by atoms with van der Waals surface area (Å²) in [6.45, 7) is 4.46. The highest BCUT2D eigenvalue weighted by molar-refractivity contribution is 6.30. The van der Waals surface area contributed by atoms with Crippen LogP contribution in [0.25, 0.3) is 10.9 Å². The van der Waals surface area contributed by atoms with E-state index in [1.165, 1.54) is 35.9 Å². The lowest BCUT2D eigenvalue weighted by Gasteiger charge is -2.39. The van der Waals surface area contributed by atoms with Gasteiger partial charge in [0.05, 0.1) is 17.8 Å². The van der Waals surface area contributed by atoms with Crippen LogP contribution in [0, 0.1) is 0 Å². The first kappa shape index (κ1) is 17.1. The summed E-state index contributed by atoms with van der Waals surface area (Å²) in [4.78, 5) is 5.17. The molecule has 0 bridgehead atoms. The standard InChI is InChI=1S/C22H25ClN4/c23-18-5-7-19(8-6-18)25-11-13-26(14-12-25)20-9-10-21(15-20)27-22-4-2-1-3-17(22)16-24-27/h1-8,16,20-21H,9-15H2. The van der Waals surface area contributed by atoms with E-state index in [4.69, 9.17) is 16.7 Å². The first-order chi connectivity index (χ1) is 13.3. The quantitative estimate of drug-likeness (QED) is 0.663. The molecule has 2 aromatic carbocycles. The molecule has 2 heterocycles. The second-order valence-electron chi connectivity index (χ2n) is 7.77. The summed E-state index contributed by atoms with van der Waals surface area (Å²) in [7, 11) is 0. The summed E-state index contributed by atoms with van der Waals surface area (Å²) in [5.74, 6) is 0. The van der Waals surface area contributed by atoms with Crippen molar-refractivity contribution < 1.29 is 0 Å². The van der Waals surface area contributed by atoms with Crippen molar-refractivity contribution in [3.8, 4) is 0 Å². The van der Waals surface area contributed by atoms with E-state index < -0.39 is 0 Å². The predicted octanol–water partition coefficient (Wildman–Crippen LogP) is 4.61. The molecule has 0 N–H and O–H groups in total. The molecule has 5 rings (SSSR count). The van der Waals surface area contributed by atoms with Gasteiger partial charge in [0.25, 0.3) is 0 Å². The minimum Gasteiger partial charge on any atom is -0.369 e. The van der Waals surface area contributed by atoms with Crippen molar-refractivity contribution in [2.75, 3.05) is 31.1 Å². The fourth-order valence-electron chi connectivity index (χ4n) is 4.77. The molecule has 2 atom stereocenters. The third-order valence-electron chi connectivity index (χ3n) is 6.25. The van der Waals surface area contributed by atoms with Crippen molar-refractivity contribution in [3.63, 3.8) is 0 Å². The second-order valence-corrected chi connectivity index (χ2v) is 8.20. The summed E-state index contributed by atoms with van der Waals surface area (Å²) in [6.07, 6.45) is 5.73. The Bertz CT molecular complexity index is 911. The Kier molecular flexibility index (Phi) is 4.54. The van der Waals surface area contributed by atoms with Crippen molar-refractivity contribution in [1.29, 1.82) is 0 Å². The van der Waals surface area contributed by atoms with E-state index in [9.17, 15) is 0 Å². The smallest absolute Gasteiger partial charge is 0.0685 e. The van der Waals surface area contributed by atoms with Gasteiger partial charge in [0, 0.05) is 48.3 Å². The Balaban J connectivity index is 1.22. The zero-order valence-corrected chi connectivity index (χ0v) is 16.2. The maximum absolute atomic E-state index is 6.02. The van der Waals surface area contributed by atoms with Gasteiger partial charge in [0.15, 0.2) is 0 Å².